The van der Waals surface area contributed by atoms with Crippen molar-refractivity contribution in [2.45, 2.75) is 12.6 Å². The van der Waals surface area contributed by atoms with Crippen LogP contribution in [-0.2, 0) is 16.1 Å². The van der Waals surface area contributed by atoms with Crippen LogP contribution in [0.1, 0.15) is 17.4 Å². The second kappa shape index (κ2) is 11.3. The van der Waals surface area contributed by atoms with Crippen LogP contribution in [0.2, 0.25) is 0 Å². The van der Waals surface area contributed by atoms with Gasteiger partial charge in [0, 0.05) is 45.0 Å². The van der Waals surface area contributed by atoms with E-state index in [1.54, 1.807) is 25.5 Å². The molecule has 1 aromatic heterocycles. The fourth-order valence-corrected chi connectivity index (χ4v) is 4.56. The van der Waals surface area contributed by atoms with Gasteiger partial charge in [0.25, 0.3) is 0 Å². The number of carbonyl (C=O) groups excluding carboxylic acids is 2. The predicted octanol–water partition coefficient (Wildman–Crippen LogP) is 2.31. The van der Waals surface area contributed by atoms with Crippen molar-refractivity contribution >= 4 is 17.5 Å². The number of nitrogens with one attached hydrogen (secondary N) is 2. The molecule has 0 spiro atoms. The maximum Gasteiger partial charge on any atom is 0.309 e. The van der Waals surface area contributed by atoms with Gasteiger partial charge in [-0.25, -0.2) is 0 Å². The first-order valence-electron chi connectivity index (χ1n) is 12.2. The van der Waals surface area contributed by atoms with Crippen molar-refractivity contribution in [1.82, 2.24) is 15.5 Å². The van der Waals surface area contributed by atoms with Gasteiger partial charge in [0.05, 0.1) is 19.4 Å². The maximum absolute atomic E-state index is 12.6. The van der Waals surface area contributed by atoms with E-state index >= 15 is 0 Å². The van der Waals surface area contributed by atoms with Crippen molar-refractivity contribution in [2.24, 2.45) is 0 Å². The smallest absolute Gasteiger partial charge is 0.309 e. The monoisotopic (exact) mass is 506 g/mol. The van der Waals surface area contributed by atoms with Crippen LogP contribution in [0.25, 0.3) is 0 Å². The normalized spacial score (nSPS) is 15.8. The third kappa shape index (κ3) is 5.80. The van der Waals surface area contributed by atoms with Gasteiger partial charge in [-0.15, -0.1) is 0 Å². The number of fused-ring (bicyclic) bond motifs is 1. The first-order valence-corrected chi connectivity index (χ1v) is 12.2. The molecule has 0 unspecified atom stereocenters. The zero-order valence-corrected chi connectivity index (χ0v) is 20.6. The van der Waals surface area contributed by atoms with Crippen molar-refractivity contribution in [2.75, 3.05) is 51.5 Å². The van der Waals surface area contributed by atoms with Crippen LogP contribution < -0.4 is 29.7 Å². The molecule has 1 atom stereocenters. The summed E-state index contributed by atoms with van der Waals surface area (Å²) in [6.45, 7) is 3.86. The summed E-state index contributed by atoms with van der Waals surface area (Å²) in [5.74, 6) is 1.50. The molecule has 1 saturated heterocycles. The number of furan rings is 1. The van der Waals surface area contributed by atoms with Gasteiger partial charge in [0.15, 0.2) is 11.5 Å². The molecule has 5 rings (SSSR count). The number of hydrogen-bond acceptors (Lipinski definition) is 8. The van der Waals surface area contributed by atoms with Crippen LogP contribution in [0.5, 0.6) is 17.2 Å². The molecule has 3 heterocycles. The number of hydrogen-bond donors (Lipinski definition) is 2. The third-order valence-corrected chi connectivity index (χ3v) is 6.62. The molecule has 0 saturated carbocycles. The molecule has 0 bridgehead atoms. The quantitative estimate of drug-likeness (QED) is 0.449. The van der Waals surface area contributed by atoms with Crippen LogP contribution >= 0.6 is 0 Å². The van der Waals surface area contributed by atoms with Crippen molar-refractivity contribution in [3.05, 3.63) is 72.2 Å². The Bertz CT molecular complexity index is 1210. The second-order valence-corrected chi connectivity index (χ2v) is 8.83. The first kappa shape index (κ1) is 24.5. The van der Waals surface area contributed by atoms with E-state index in [9.17, 15) is 9.59 Å². The minimum absolute atomic E-state index is 0.181. The minimum atomic E-state index is -0.694. The summed E-state index contributed by atoms with van der Waals surface area (Å²) < 4.78 is 21.6. The van der Waals surface area contributed by atoms with E-state index < -0.39 is 11.8 Å². The van der Waals surface area contributed by atoms with Crippen LogP contribution in [-0.4, -0.2) is 63.3 Å². The zero-order valence-electron chi connectivity index (χ0n) is 20.6. The van der Waals surface area contributed by atoms with Gasteiger partial charge in [0.2, 0.25) is 6.79 Å². The SMILES string of the molecule is COc1ccc(N2CCN([C@@H](CNC(=O)C(=O)NCc3ccc4c(c3)OCO4)c3ccco3)CC2)cc1. The Kier molecular flexibility index (Phi) is 7.46. The molecule has 2 aliphatic rings. The number of benzene rings is 2. The van der Waals surface area contributed by atoms with E-state index in [2.05, 4.69) is 32.6 Å². The van der Waals surface area contributed by atoms with Crippen molar-refractivity contribution in [3.8, 4) is 17.2 Å². The fraction of sp³-hybridized carbons (Fsp3) is 0.333. The highest BCUT2D eigenvalue weighted by atomic mass is 16.7. The van der Waals surface area contributed by atoms with Gasteiger partial charge in [-0.05, 0) is 54.1 Å². The zero-order chi connectivity index (χ0) is 25.6. The van der Waals surface area contributed by atoms with E-state index in [4.69, 9.17) is 18.6 Å². The second-order valence-electron chi connectivity index (χ2n) is 8.83. The Morgan fingerprint density at radius 3 is 2.43 bits per heavy atom. The fourth-order valence-electron chi connectivity index (χ4n) is 4.56. The summed E-state index contributed by atoms with van der Waals surface area (Å²) in [7, 11) is 1.66. The molecule has 2 amide bonds. The van der Waals surface area contributed by atoms with Crippen LogP contribution in [0, 0.1) is 0 Å². The number of nitrogens with zero attached hydrogens (tertiary/aromatic N) is 2. The third-order valence-electron chi connectivity index (χ3n) is 6.62. The van der Waals surface area contributed by atoms with Gasteiger partial charge in [-0.1, -0.05) is 6.07 Å². The number of carbonyl (C=O) groups is 2. The highest BCUT2D eigenvalue weighted by Crippen LogP contribution is 2.32. The summed E-state index contributed by atoms with van der Waals surface area (Å²) in [5.41, 5.74) is 1.95. The lowest BCUT2D eigenvalue weighted by Gasteiger charge is -2.39. The van der Waals surface area contributed by atoms with E-state index in [0.717, 1.165) is 48.9 Å². The topological polar surface area (TPSA) is 106 Å². The molecule has 194 valence electrons. The number of rotatable bonds is 8. The van der Waals surface area contributed by atoms with E-state index in [1.165, 1.54) is 0 Å². The van der Waals surface area contributed by atoms with Crippen LogP contribution in [0.3, 0.4) is 0 Å². The van der Waals surface area contributed by atoms with Crippen molar-refractivity contribution in [1.29, 1.82) is 0 Å². The van der Waals surface area contributed by atoms with Crippen molar-refractivity contribution in [3.63, 3.8) is 0 Å². The largest absolute Gasteiger partial charge is 0.497 e. The Morgan fingerprint density at radius 2 is 1.70 bits per heavy atom. The summed E-state index contributed by atoms with van der Waals surface area (Å²) in [4.78, 5) is 29.6. The van der Waals surface area contributed by atoms with Crippen molar-refractivity contribution < 1.29 is 28.2 Å². The lowest BCUT2D eigenvalue weighted by atomic mass is 10.1. The lowest BCUT2D eigenvalue weighted by Crippen LogP contribution is -2.50. The Morgan fingerprint density at radius 1 is 0.946 bits per heavy atom. The standard InChI is InChI=1S/C27H30N4O6/c1-34-21-7-5-20(6-8-21)30-10-12-31(13-11-30)22(23-3-2-14-35-23)17-29-27(33)26(32)28-16-19-4-9-24-25(15-19)37-18-36-24/h2-9,14-15,22H,10-13,16-18H2,1H3,(H,28,32)(H,29,33)/t22-/m0/s1. The average Bonchev–Trinajstić information content (AvgIpc) is 3.64. The molecular weight excluding hydrogens is 476 g/mol. The summed E-state index contributed by atoms with van der Waals surface area (Å²) in [6.07, 6.45) is 1.62. The highest BCUT2D eigenvalue weighted by Gasteiger charge is 2.28. The van der Waals surface area contributed by atoms with Gasteiger partial charge in [-0.3, -0.25) is 14.5 Å². The number of amides is 2. The number of anilines is 1. The number of methoxy groups -OCH3 is 1. The highest BCUT2D eigenvalue weighted by molar-refractivity contribution is 6.35. The van der Waals surface area contributed by atoms with Gasteiger partial charge in [-0.2, -0.15) is 0 Å². The molecule has 10 nitrogen and oxygen atoms in total. The molecule has 2 aromatic carbocycles. The molecule has 0 radical (unpaired) electrons. The summed E-state index contributed by atoms with van der Waals surface area (Å²) >= 11 is 0. The molecule has 3 aromatic rings. The van der Waals surface area contributed by atoms with Gasteiger partial charge in [0.1, 0.15) is 11.5 Å². The van der Waals surface area contributed by atoms with Crippen LogP contribution in [0.4, 0.5) is 5.69 Å². The number of ether oxygens (including phenoxy) is 3. The Hall–Kier alpha value is -4.18. The van der Waals surface area contributed by atoms with E-state index in [1.807, 2.05) is 30.3 Å². The maximum atomic E-state index is 12.6. The molecule has 37 heavy (non-hydrogen) atoms. The molecule has 0 aliphatic carbocycles. The van der Waals surface area contributed by atoms with Gasteiger partial charge >= 0.3 is 11.8 Å². The Labute approximate surface area is 215 Å². The molecule has 1 fully saturated rings. The molecule has 2 aliphatic heterocycles. The molecule has 2 N–H and O–H groups in total. The number of piperazine rings is 1. The molecule has 10 heteroatoms. The lowest BCUT2D eigenvalue weighted by molar-refractivity contribution is -0.139. The summed E-state index contributed by atoms with van der Waals surface area (Å²) in [6, 6.07) is 17.0. The van der Waals surface area contributed by atoms with Gasteiger partial charge < -0.3 is 34.2 Å². The van der Waals surface area contributed by atoms with E-state index in [0.29, 0.717) is 11.5 Å². The average molecular weight is 507 g/mol. The summed E-state index contributed by atoms with van der Waals surface area (Å²) in [5, 5.41) is 5.44. The minimum Gasteiger partial charge on any atom is -0.497 e. The first-order chi connectivity index (χ1) is 18.1. The van der Waals surface area contributed by atoms with E-state index in [-0.39, 0.29) is 25.9 Å². The van der Waals surface area contributed by atoms with Crippen LogP contribution in [0.15, 0.2) is 65.3 Å². The molecular formula is C27H30N4O6. The predicted molar refractivity (Wildman–Crippen MR) is 136 cm³/mol. The Balaban J connectivity index is 1.14.